The van der Waals surface area contributed by atoms with Gasteiger partial charge in [0, 0.05) is 12.7 Å². The van der Waals surface area contributed by atoms with Crippen molar-refractivity contribution in [3.63, 3.8) is 0 Å². The smallest absolute Gasteiger partial charge is 0.293 e. The van der Waals surface area contributed by atoms with Gasteiger partial charge >= 0.3 is 0 Å². The molecule has 0 saturated carbocycles. The fourth-order valence-electron chi connectivity index (χ4n) is 2.59. The Labute approximate surface area is 184 Å². The van der Waals surface area contributed by atoms with Gasteiger partial charge in [0.2, 0.25) is 0 Å². The number of halogens is 3. The first-order chi connectivity index (χ1) is 13.9. The van der Waals surface area contributed by atoms with Gasteiger partial charge in [0.05, 0.1) is 27.6 Å². The van der Waals surface area contributed by atoms with Crippen molar-refractivity contribution in [3.05, 3.63) is 67.7 Å². The van der Waals surface area contributed by atoms with Crippen LogP contribution in [0.4, 0.5) is 9.18 Å². The molecule has 3 rings (SSSR count). The summed E-state index contributed by atoms with van der Waals surface area (Å²) in [5, 5.41) is -0.0473. The van der Waals surface area contributed by atoms with Gasteiger partial charge in [-0.3, -0.25) is 14.5 Å². The highest BCUT2D eigenvalue weighted by Gasteiger charge is 2.34. The third-order valence-corrected chi connectivity index (χ3v) is 5.82. The van der Waals surface area contributed by atoms with E-state index in [0.717, 1.165) is 16.7 Å². The molecule has 1 heterocycles. The molecule has 0 bridgehead atoms. The lowest BCUT2D eigenvalue weighted by atomic mass is 10.2. The van der Waals surface area contributed by atoms with Crippen LogP contribution in [0.2, 0.25) is 5.02 Å². The van der Waals surface area contributed by atoms with E-state index in [1.807, 2.05) is 0 Å². The summed E-state index contributed by atoms with van der Waals surface area (Å²) in [7, 11) is 1.50. The van der Waals surface area contributed by atoms with Crippen LogP contribution in [0.1, 0.15) is 11.1 Å². The number of carbonyl (C=O) groups is 2. The molecule has 2 amide bonds. The fourth-order valence-corrected chi connectivity index (χ4v) is 4.45. The van der Waals surface area contributed by atoms with Crippen molar-refractivity contribution >= 4 is 56.5 Å². The molecule has 1 aliphatic heterocycles. The SMILES string of the molecule is COCCN1C(=O)S/C(=C/c2cc(Cl)c(OCc3ccccc3F)c(Br)c2)C1=O. The second kappa shape index (κ2) is 9.75. The molecule has 0 N–H and O–H groups in total. The van der Waals surface area contributed by atoms with Crippen molar-refractivity contribution in [1.82, 2.24) is 4.90 Å². The zero-order chi connectivity index (χ0) is 21.0. The summed E-state index contributed by atoms with van der Waals surface area (Å²) in [4.78, 5) is 25.9. The summed E-state index contributed by atoms with van der Waals surface area (Å²) >= 11 is 10.6. The maximum Gasteiger partial charge on any atom is 0.293 e. The molecule has 0 atom stereocenters. The minimum absolute atomic E-state index is 0.0166. The van der Waals surface area contributed by atoms with E-state index in [4.69, 9.17) is 21.1 Å². The zero-order valence-electron chi connectivity index (χ0n) is 15.3. The number of thioether (sulfide) groups is 1. The molecule has 0 unspecified atom stereocenters. The summed E-state index contributed by atoms with van der Waals surface area (Å²) in [5.74, 6) is -0.370. The Kier molecular flexibility index (Phi) is 7.34. The second-order valence-corrected chi connectivity index (χ2v) is 8.27. The maximum absolute atomic E-state index is 13.8. The summed E-state index contributed by atoms with van der Waals surface area (Å²) in [6.07, 6.45) is 1.59. The number of carbonyl (C=O) groups excluding carboxylic acids is 2. The number of hydrogen-bond acceptors (Lipinski definition) is 5. The molecule has 0 spiro atoms. The quantitative estimate of drug-likeness (QED) is 0.470. The van der Waals surface area contributed by atoms with E-state index in [0.29, 0.717) is 31.3 Å². The molecule has 9 heteroatoms. The Bertz CT molecular complexity index is 962. The van der Waals surface area contributed by atoms with Gasteiger partial charge < -0.3 is 9.47 Å². The molecule has 29 heavy (non-hydrogen) atoms. The molecule has 1 aliphatic rings. The molecule has 0 aliphatic carbocycles. The Morgan fingerprint density at radius 1 is 1.28 bits per heavy atom. The molecular formula is C20H16BrClFNO4S. The molecule has 0 aromatic heterocycles. The number of methoxy groups -OCH3 is 1. The predicted octanol–water partition coefficient (Wildman–Crippen LogP) is 5.50. The molecule has 1 fully saturated rings. The fraction of sp³-hybridized carbons (Fsp3) is 0.200. The van der Waals surface area contributed by atoms with E-state index in [2.05, 4.69) is 15.9 Å². The normalized spacial score (nSPS) is 15.4. The first-order valence-corrected chi connectivity index (χ1v) is 10.5. The summed E-state index contributed by atoms with van der Waals surface area (Å²) in [6.45, 7) is 0.491. The minimum Gasteiger partial charge on any atom is -0.486 e. The highest BCUT2D eigenvalue weighted by Crippen LogP contribution is 2.38. The summed E-state index contributed by atoms with van der Waals surface area (Å²) < 4.78 is 24.9. The second-order valence-electron chi connectivity index (χ2n) is 6.02. The van der Waals surface area contributed by atoms with Crippen molar-refractivity contribution in [2.24, 2.45) is 0 Å². The van der Waals surface area contributed by atoms with Gasteiger partial charge in [-0.1, -0.05) is 29.8 Å². The largest absolute Gasteiger partial charge is 0.486 e. The van der Waals surface area contributed by atoms with Crippen LogP contribution in [0.15, 0.2) is 45.8 Å². The van der Waals surface area contributed by atoms with Crippen LogP contribution in [-0.2, 0) is 16.1 Å². The van der Waals surface area contributed by atoms with Gasteiger partial charge in [-0.2, -0.15) is 0 Å². The molecule has 1 saturated heterocycles. The maximum atomic E-state index is 13.8. The van der Waals surface area contributed by atoms with E-state index in [-0.39, 0.29) is 36.7 Å². The lowest BCUT2D eigenvalue weighted by Crippen LogP contribution is -2.31. The Hall–Kier alpha value is -1.87. The van der Waals surface area contributed by atoms with E-state index in [1.165, 1.54) is 13.2 Å². The van der Waals surface area contributed by atoms with Gasteiger partial charge in [-0.25, -0.2) is 4.39 Å². The minimum atomic E-state index is -0.371. The average molecular weight is 501 g/mol. The van der Waals surface area contributed by atoms with Crippen LogP contribution in [0, 0.1) is 5.82 Å². The number of imide groups is 1. The molecule has 5 nitrogen and oxygen atoms in total. The predicted molar refractivity (Wildman–Crippen MR) is 114 cm³/mol. The van der Waals surface area contributed by atoms with Gasteiger partial charge in [0.1, 0.15) is 12.4 Å². The number of benzene rings is 2. The number of amides is 2. The molecular weight excluding hydrogens is 485 g/mol. The van der Waals surface area contributed by atoms with E-state index < -0.39 is 0 Å². The van der Waals surface area contributed by atoms with Crippen LogP contribution in [0.3, 0.4) is 0 Å². The van der Waals surface area contributed by atoms with E-state index >= 15 is 0 Å². The molecule has 0 radical (unpaired) electrons. The first kappa shape index (κ1) is 21.8. The number of rotatable bonds is 7. The Morgan fingerprint density at radius 3 is 2.72 bits per heavy atom. The van der Waals surface area contributed by atoms with Crippen molar-refractivity contribution in [3.8, 4) is 5.75 Å². The van der Waals surface area contributed by atoms with Crippen LogP contribution >= 0.6 is 39.3 Å². The highest BCUT2D eigenvalue weighted by atomic mass is 79.9. The van der Waals surface area contributed by atoms with Gasteiger partial charge in [0.25, 0.3) is 11.1 Å². The topological polar surface area (TPSA) is 55.8 Å². The number of nitrogens with zero attached hydrogens (tertiary/aromatic N) is 1. The van der Waals surface area contributed by atoms with Crippen LogP contribution in [-0.4, -0.2) is 36.3 Å². The van der Waals surface area contributed by atoms with Gasteiger partial charge in [0.15, 0.2) is 5.75 Å². The van der Waals surface area contributed by atoms with Gasteiger partial charge in [-0.05, 0) is 57.5 Å². The monoisotopic (exact) mass is 499 g/mol. The van der Waals surface area contributed by atoms with Crippen LogP contribution < -0.4 is 4.74 Å². The van der Waals surface area contributed by atoms with Crippen LogP contribution in [0.5, 0.6) is 5.75 Å². The summed E-state index contributed by atoms with van der Waals surface area (Å²) in [6, 6.07) is 9.65. The lowest BCUT2D eigenvalue weighted by molar-refractivity contribution is -0.123. The molecule has 2 aromatic rings. The number of ether oxygens (including phenoxy) is 2. The first-order valence-electron chi connectivity index (χ1n) is 8.50. The third-order valence-electron chi connectivity index (χ3n) is 4.04. The Morgan fingerprint density at radius 2 is 2.03 bits per heavy atom. The van der Waals surface area contributed by atoms with E-state index in [1.54, 1.807) is 36.4 Å². The van der Waals surface area contributed by atoms with Crippen molar-refractivity contribution in [2.45, 2.75) is 6.61 Å². The van der Waals surface area contributed by atoms with Crippen molar-refractivity contribution < 1.29 is 23.5 Å². The molecule has 152 valence electrons. The van der Waals surface area contributed by atoms with Crippen LogP contribution in [0.25, 0.3) is 6.08 Å². The van der Waals surface area contributed by atoms with Crippen molar-refractivity contribution in [1.29, 1.82) is 0 Å². The van der Waals surface area contributed by atoms with E-state index in [9.17, 15) is 14.0 Å². The van der Waals surface area contributed by atoms with Gasteiger partial charge in [-0.15, -0.1) is 0 Å². The third kappa shape index (κ3) is 5.19. The van der Waals surface area contributed by atoms with Crippen molar-refractivity contribution in [2.75, 3.05) is 20.3 Å². The lowest BCUT2D eigenvalue weighted by Gasteiger charge is -2.12. The standard InChI is InChI=1S/C20H16BrClFNO4S/c1-27-7-6-24-19(25)17(29-20(24)26)10-12-8-14(21)18(15(22)9-12)28-11-13-4-2-3-5-16(13)23/h2-5,8-10H,6-7,11H2,1H3/b17-10+. The number of hydrogen-bond donors (Lipinski definition) is 0. The average Bonchev–Trinajstić information content (AvgIpc) is 2.93. The highest BCUT2D eigenvalue weighted by molar-refractivity contribution is 9.10. The summed E-state index contributed by atoms with van der Waals surface area (Å²) in [5.41, 5.74) is 1.03. The Balaban J connectivity index is 1.77. The molecule has 2 aromatic carbocycles. The zero-order valence-corrected chi connectivity index (χ0v) is 18.4.